The summed E-state index contributed by atoms with van der Waals surface area (Å²) in [4.78, 5) is 31.2. The number of carbonyl (C=O) groups is 2. The lowest BCUT2D eigenvalue weighted by atomic mass is 10.2. The lowest BCUT2D eigenvalue weighted by Gasteiger charge is -2.14. The van der Waals surface area contributed by atoms with Crippen LogP contribution in [0.25, 0.3) is 11.4 Å². The first-order valence-electron chi connectivity index (χ1n) is 9.95. The molecule has 22 heteroatoms. The van der Waals surface area contributed by atoms with Crippen LogP contribution in [0, 0.1) is 0 Å². The summed E-state index contributed by atoms with van der Waals surface area (Å²) in [5.74, 6) is -3.03. The number of carboxylic acids is 2. The van der Waals surface area contributed by atoms with Crippen molar-refractivity contribution in [3.8, 4) is 11.4 Å². The van der Waals surface area contributed by atoms with Crippen molar-refractivity contribution in [2.45, 2.75) is 18.5 Å². The van der Waals surface area contributed by atoms with Crippen LogP contribution < -0.4 is 0 Å². The predicted octanol–water partition coefficient (Wildman–Crippen LogP) is 9.43. The molecule has 10 nitrogen and oxygen atoms in total. The molecule has 0 aliphatic rings. The number of halogens is 8. The molecule has 2 N–H and O–H groups in total. The third-order valence-corrected chi connectivity index (χ3v) is 21.3. The Morgan fingerprint density at radius 2 is 0.833 bits per heavy atom. The van der Waals surface area contributed by atoms with Gasteiger partial charge in [0.15, 0.2) is 0 Å². The summed E-state index contributed by atoms with van der Waals surface area (Å²) in [5.41, 5.74) is -1.09. The van der Waals surface area contributed by atoms with Crippen molar-refractivity contribution in [2.24, 2.45) is 0 Å². The van der Waals surface area contributed by atoms with Crippen molar-refractivity contribution in [3.63, 3.8) is 0 Å². The van der Waals surface area contributed by atoms with Crippen molar-refractivity contribution in [1.29, 1.82) is 0 Å². The van der Waals surface area contributed by atoms with Crippen LogP contribution in [0.1, 0.15) is 20.7 Å². The Morgan fingerprint density at radius 1 is 0.548 bits per heavy atom. The number of aromatic carboxylic acids is 2. The normalized spacial score (nSPS) is 12.1. The zero-order valence-electron chi connectivity index (χ0n) is 19.0. The first-order chi connectivity index (χ1) is 19.3. The van der Waals surface area contributed by atoms with Crippen molar-refractivity contribution in [3.05, 3.63) is 57.7 Å². The lowest BCUT2D eigenvalue weighted by Crippen LogP contribution is -2.12. The molecule has 0 unspecified atom stereocenters. The molecular formula is C20H4Br8N2O8S4. The topological polar surface area (TPSA) is 169 Å². The maximum absolute atomic E-state index is 13.6. The van der Waals surface area contributed by atoms with Crippen molar-refractivity contribution >= 4 is 182 Å². The van der Waals surface area contributed by atoms with Crippen molar-refractivity contribution in [2.75, 3.05) is 0 Å². The average molecular weight is 1170 g/mol. The van der Waals surface area contributed by atoms with Gasteiger partial charge in [-0.3, -0.25) is 0 Å². The highest BCUT2D eigenvalue weighted by atomic mass is 79.9. The first-order valence-corrected chi connectivity index (χ1v) is 21.0. The Kier molecular flexibility index (Phi) is 10.8. The second kappa shape index (κ2) is 12.9. The van der Waals surface area contributed by atoms with Gasteiger partial charge in [-0.2, -0.15) is 0 Å². The van der Waals surface area contributed by atoms with Crippen LogP contribution in [0.2, 0.25) is 0 Å². The molecule has 2 heterocycles. The Balaban J connectivity index is 1.84. The molecule has 42 heavy (non-hydrogen) atoms. The van der Waals surface area contributed by atoms with Gasteiger partial charge in [0.25, 0.3) is 0 Å². The molecule has 0 bridgehead atoms. The van der Waals surface area contributed by atoms with E-state index in [1.165, 1.54) is 10.8 Å². The standard InChI is InChI=1S/C20H4Br8N2O8S4/c21-7-5(17(31)32)15(13(27)11(25)9(7)23)41(35,36)19-29-3(1-39-19)4-2-40-20(30-4)42(37,38)16-6(18(33)34)8(22)10(24)12(26)14(16)28/h1-2H,(H,31,32)(H,33,34). The van der Waals surface area contributed by atoms with Crippen molar-refractivity contribution < 1.29 is 36.6 Å². The number of thiazole rings is 2. The van der Waals surface area contributed by atoms with Gasteiger partial charge in [-0.1, -0.05) is 0 Å². The number of carboxylic acid groups (broad SMARTS) is 2. The van der Waals surface area contributed by atoms with Crippen LogP contribution in [0.15, 0.2) is 65.0 Å². The molecule has 0 atom stereocenters. The number of hydrogen-bond acceptors (Lipinski definition) is 10. The molecular weight excluding hydrogens is 1160 g/mol. The van der Waals surface area contributed by atoms with Crippen LogP contribution in [-0.2, 0) is 19.7 Å². The quantitative estimate of drug-likeness (QED) is 0.134. The maximum atomic E-state index is 13.6. The van der Waals surface area contributed by atoms with E-state index < -0.39 is 61.2 Å². The third-order valence-electron chi connectivity index (χ3n) is 5.10. The number of nitrogens with zero attached hydrogens (tertiary/aromatic N) is 2. The van der Waals surface area contributed by atoms with Gasteiger partial charge in [-0.25, -0.2) is 36.4 Å². The van der Waals surface area contributed by atoms with E-state index >= 15 is 0 Å². The smallest absolute Gasteiger partial charge is 0.338 e. The summed E-state index contributed by atoms with van der Waals surface area (Å²) in [6, 6.07) is 0. The second-order valence-electron chi connectivity index (χ2n) is 7.53. The molecule has 2 aromatic carbocycles. The van der Waals surface area contributed by atoms with Gasteiger partial charge in [-0.15, -0.1) is 22.7 Å². The van der Waals surface area contributed by atoms with Crippen LogP contribution >= 0.6 is 150 Å². The Bertz CT molecular complexity index is 1930. The van der Waals surface area contributed by atoms with E-state index in [1.54, 1.807) is 0 Å². The van der Waals surface area contributed by atoms with Gasteiger partial charge in [0.1, 0.15) is 21.2 Å². The molecule has 0 saturated carbocycles. The van der Waals surface area contributed by atoms with Gasteiger partial charge >= 0.3 is 11.9 Å². The highest BCUT2D eigenvalue weighted by Crippen LogP contribution is 2.47. The van der Waals surface area contributed by atoms with Crippen LogP contribution in [0.4, 0.5) is 0 Å². The molecule has 0 aliphatic carbocycles. The molecule has 2 aromatic heterocycles. The largest absolute Gasteiger partial charge is 0.478 e. The van der Waals surface area contributed by atoms with Gasteiger partial charge in [-0.05, 0) is 127 Å². The van der Waals surface area contributed by atoms with E-state index in [0.717, 1.165) is 0 Å². The number of aromatic nitrogens is 2. The minimum absolute atomic E-state index is 0.00444. The summed E-state index contributed by atoms with van der Waals surface area (Å²) >= 11 is 26.8. The zero-order chi connectivity index (χ0) is 31.6. The number of hydrogen-bond donors (Lipinski definition) is 2. The highest BCUT2D eigenvalue weighted by molar-refractivity contribution is 9.15. The van der Waals surface area contributed by atoms with E-state index in [9.17, 15) is 36.6 Å². The molecule has 4 rings (SSSR count). The molecule has 0 aliphatic heterocycles. The summed E-state index contributed by atoms with van der Waals surface area (Å²) < 4.78 is 54.4. The molecule has 222 valence electrons. The Morgan fingerprint density at radius 3 is 1.12 bits per heavy atom. The van der Waals surface area contributed by atoms with Gasteiger partial charge < -0.3 is 10.2 Å². The highest BCUT2D eigenvalue weighted by Gasteiger charge is 2.37. The fraction of sp³-hybridized carbons (Fsp3) is 0. The first kappa shape index (κ1) is 35.2. The monoisotopic (exact) mass is 1160 g/mol. The molecule has 4 aromatic rings. The Labute approximate surface area is 311 Å². The number of benzene rings is 2. The average Bonchev–Trinajstić information content (AvgIpc) is 3.60. The van der Waals surface area contributed by atoms with Gasteiger partial charge in [0.05, 0.1) is 20.1 Å². The molecule has 0 amide bonds. The maximum Gasteiger partial charge on any atom is 0.338 e. The van der Waals surface area contributed by atoms with E-state index in [2.05, 4.69) is 137 Å². The number of sulfone groups is 2. The number of rotatable bonds is 7. The molecule has 0 fully saturated rings. The van der Waals surface area contributed by atoms with Gasteiger partial charge in [0.2, 0.25) is 28.4 Å². The minimum atomic E-state index is -4.52. The van der Waals surface area contributed by atoms with E-state index in [0.29, 0.717) is 22.7 Å². The SMILES string of the molecule is O=C(O)c1c(Br)c(Br)c(Br)c(Br)c1S(=O)(=O)c1nc(-c2csc(S(=O)(=O)c3c(Br)c(Br)c(Br)c(Br)c3C(=O)O)n2)cs1. The van der Waals surface area contributed by atoms with Crippen LogP contribution in [0.3, 0.4) is 0 Å². The third kappa shape index (κ3) is 5.97. The van der Waals surface area contributed by atoms with Crippen molar-refractivity contribution in [1.82, 2.24) is 9.97 Å². The lowest BCUT2D eigenvalue weighted by molar-refractivity contribution is 0.0680. The fourth-order valence-electron chi connectivity index (χ4n) is 3.28. The fourth-order valence-corrected chi connectivity index (χ4v) is 14.9. The summed E-state index contributed by atoms with van der Waals surface area (Å²) in [7, 11) is -9.05. The van der Waals surface area contributed by atoms with E-state index in [4.69, 9.17) is 0 Å². The summed E-state index contributed by atoms with van der Waals surface area (Å²) in [6.07, 6.45) is 0. The van der Waals surface area contributed by atoms with Gasteiger partial charge in [0, 0.05) is 37.6 Å². The minimum Gasteiger partial charge on any atom is -0.478 e. The predicted molar refractivity (Wildman–Crippen MR) is 183 cm³/mol. The molecule has 0 radical (unpaired) electrons. The second-order valence-corrected chi connectivity index (χ2v) is 19.7. The van der Waals surface area contributed by atoms with E-state index in [-0.39, 0.29) is 47.2 Å². The van der Waals surface area contributed by atoms with Crippen LogP contribution in [0.5, 0.6) is 0 Å². The van der Waals surface area contributed by atoms with E-state index in [1.807, 2.05) is 0 Å². The molecule has 0 saturated heterocycles. The Hall–Kier alpha value is 0.380. The summed E-state index contributed by atoms with van der Waals surface area (Å²) in [6.45, 7) is 0. The molecule has 0 spiro atoms. The van der Waals surface area contributed by atoms with Crippen LogP contribution in [-0.4, -0.2) is 49.0 Å². The zero-order valence-corrected chi connectivity index (χ0v) is 35.0. The summed E-state index contributed by atoms with van der Waals surface area (Å²) in [5, 5.41) is 22.2.